The van der Waals surface area contributed by atoms with E-state index in [1.807, 2.05) is 0 Å². The fourth-order valence-corrected chi connectivity index (χ4v) is 2.88. The van der Waals surface area contributed by atoms with Crippen molar-refractivity contribution >= 4 is 11.6 Å². The van der Waals surface area contributed by atoms with Crippen molar-refractivity contribution in [3.05, 3.63) is 41.3 Å². The van der Waals surface area contributed by atoms with Crippen molar-refractivity contribution in [3.8, 4) is 5.75 Å². The van der Waals surface area contributed by atoms with Crippen LogP contribution in [0.1, 0.15) is 18.4 Å². The van der Waals surface area contributed by atoms with Gasteiger partial charge in [0, 0.05) is 13.0 Å². The molecule has 0 spiro atoms. The predicted molar refractivity (Wildman–Crippen MR) is 81.8 cm³/mol. The summed E-state index contributed by atoms with van der Waals surface area (Å²) < 4.78 is 5.53. The number of aromatic hydroxyl groups is 1. The maximum atomic E-state index is 12.5. The van der Waals surface area contributed by atoms with Gasteiger partial charge >= 0.3 is 0 Å². The van der Waals surface area contributed by atoms with Crippen molar-refractivity contribution in [2.45, 2.75) is 31.4 Å². The molecule has 2 atom stereocenters. The smallest absolute Gasteiger partial charge is 0.231 e. The normalized spacial score (nSPS) is 21.9. The summed E-state index contributed by atoms with van der Waals surface area (Å²) in [5.41, 5.74) is 7.04. The van der Waals surface area contributed by atoms with Gasteiger partial charge in [0.05, 0.1) is 6.04 Å². The lowest BCUT2D eigenvalue weighted by Gasteiger charge is -2.22. The molecule has 0 radical (unpaired) electrons. The van der Waals surface area contributed by atoms with Crippen LogP contribution in [0.15, 0.2) is 35.7 Å². The molecule has 7 heteroatoms. The number of hydrazine groups is 1. The number of nitrogens with two attached hydrogens (primary N) is 2. The number of ketones is 2. The van der Waals surface area contributed by atoms with Crippen molar-refractivity contribution in [2.75, 3.05) is 6.54 Å². The maximum absolute atomic E-state index is 12.5. The first-order valence-electron chi connectivity index (χ1n) is 7.51. The molecule has 1 aromatic carbocycles. The van der Waals surface area contributed by atoms with Gasteiger partial charge in [-0.1, -0.05) is 12.1 Å². The van der Waals surface area contributed by atoms with E-state index in [1.54, 1.807) is 12.1 Å². The fourth-order valence-electron chi connectivity index (χ4n) is 2.88. The van der Waals surface area contributed by atoms with E-state index in [0.29, 0.717) is 24.4 Å². The average molecular weight is 317 g/mol. The molecule has 5 N–H and O–H groups in total. The van der Waals surface area contributed by atoms with Crippen molar-refractivity contribution in [2.24, 2.45) is 11.6 Å². The summed E-state index contributed by atoms with van der Waals surface area (Å²) in [6.07, 6.45) is 0.453. The summed E-state index contributed by atoms with van der Waals surface area (Å²) >= 11 is 0. The number of Topliss-reactive ketones (excluding diaryl/α,β-unsaturated/α-hetero) is 2. The van der Waals surface area contributed by atoms with Gasteiger partial charge in [-0.25, -0.2) is 5.84 Å². The number of nitrogens with zero attached hydrogens (tertiary/aromatic N) is 1. The molecule has 2 heterocycles. The van der Waals surface area contributed by atoms with E-state index in [4.69, 9.17) is 16.3 Å². The molecule has 0 aromatic heterocycles. The Labute approximate surface area is 133 Å². The molecule has 2 unspecified atom stereocenters. The van der Waals surface area contributed by atoms with E-state index in [1.165, 1.54) is 17.1 Å². The van der Waals surface area contributed by atoms with Gasteiger partial charge in [0.25, 0.3) is 0 Å². The van der Waals surface area contributed by atoms with Crippen LogP contribution >= 0.6 is 0 Å². The molecule has 122 valence electrons. The second kappa shape index (κ2) is 6.02. The van der Waals surface area contributed by atoms with Crippen molar-refractivity contribution in [1.82, 2.24) is 5.01 Å². The molecule has 0 bridgehead atoms. The first-order chi connectivity index (χ1) is 11.0. The average Bonchev–Trinajstić information content (AvgIpc) is 2.87. The van der Waals surface area contributed by atoms with Crippen LogP contribution in [0.25, 0.3) is 0 Å². The molecule has 0 fully saturated rings. The van der Waals surface area contributed by atoms with E-state index in [2.05, 4.69) is 0 Å². The standard InChI is InChI=1S/C16H19N3O4/c17-11(8-9-3-5-10(20)6-4-9)14(21)16-15(22)13-12(23-16)2-1-7-19(13)18/h3-6,11,16,20H,1-2,7-8,17-18H2. The van der Waals surface area contributed by atoms with Crippen LogP contribution < -0.4 is 11.6 Å². The van der Waals surface area contributed by atoms with Crippen molar-refractivity contribution in [1.29, 1.82) is 0 Å². The highest BCUT2D eigenvalue weighted by Gasteiger charge is 2.44. The molecule has 0 saturated carbocycles. The lowest BCUT2D eigenvalue weighted by atomic mass is 9.97. The molecule has 0 saturated heterocycles. The summed E-state index contributed by atoms with van der Waals surface area (Å²) in [4.78, 5) is 24.9. The van der Waals surface area contributed by atoms with E-state index < -0.39 is 23.7 Å². The number of allylic oxidation sites excluding steroid dienone is 1. The van der Waals surface area contributed by atoms with E-state index in [-0.39, 0.29) is 12.2 Å². The Morgan fingerprint density at radius 2 is 2.09 bits per heavy atom. The number of phenolic OH excluding ortho intramolecular Hbond substituents is 1. The Hall–Kier alpha value is -2.38. The number of carbonyl (C=O) groups excluding carboxylic acids is 2. The molecule has 1 aromatic rings. The Balaban J connectivity index is 1.69. The molecule has 2 aliphatic heterocycles. The number of hydrogen-bond acceptors (Lipinski definition) is 7. The molecule has 23 heavy (non-hydrogen) atoms. The topological polar surface area (TPSA) is 119 Å². The molecule has 0 amide bonds. The lowest BCUT2D eigenvalue weighted by molar-refractivity contribution is -0.136. The minimum absolute atomic E-state index is 0.142. The molecule has 0 aliphatic carbocycles. The second-order valence-corrected chi connectivity index (χ2v) is 5.81. The van der Waals surface area contributed by atoms with Crippen molar-refractivity contribution in [3.63, 3.8) is 0 Å². The minimum Gasteiger partial charge on any atom is -0.508 e. The van der Waals surface area contributed by atoms with Gasteiger partial charge in [-0.3, -0.25) is 9.59 Å². The highest BCUT2D eigenvalue weighted by molar-refractivity contribution is 6.15. The zero-order valence-corrected chi connectivity index (χ0v) is 12.6. The SMILES string of the molecule is NC(Cc1ccc(O)cc1)C(=O)C1OC2=C(C1=O)N(N)CCC2. The third-order valence-electron chi connectivity index (χ3n) is 4.10. The quantitative estimate of drug-likeness (QED) is 0.527. The second-order valence-electron chi connectivity index (χ2n) is 5.81. The largest absolute Gasteiger partial charge is 0.508 e. The predicted octanol–water partition coefficient (Wildman–Crippen LogP) is -0.0199. The highest BCUT2D eigenvalue weighted by Crippen LogP contribution is 2.31. The summed E-state index contributed by atoms with van der Waals surface area (Å²) in [5, 5.41) is 10.6. The third kappa shape index (κ3) is 2.93. The number of rotatable bonds is 4. The Morgan fingerprint density at radius 3 is 2.74 bits per heavy atom. The van der Waals surface area contributed by atoms with Crippen molar-refractivity contribution < 1.29 is 19.4 Å². The summed E-state index contributed by atoms with van der Waals surface area (Å²) in [6.45, 7) is 0.564. The monoisotopic (exact) mass is 317 g/mol. The Morgan fingerprint density at radius 1 is 1.39 bits per heavy atom. The van der Waals surface area contributed by atoms with Gasteiger partial charge in [0.1, 0.15) is 17.2 Å². The highest BCUT2D eigenvalue weighted by atomic mass is 16.5. The summed E-state index contributed by atoms with van der Waals surface area (Å²) in [5.74, 6) is 5.56. The van der Waals surface area contributed by atoms with E-state index in [9.17, 15) is 14.7 Å². The first kappa shape index (κ1) is 15.5. The molecular formula is C16H19N3O4. The van der Waals surface area contributed by atoms with E-state index in [0.717, 1.165) is 12.0 Å². The van der Waals surface area contributed by atoms with Gasteiger partial charge in [-0.15, -0.1) is 0 Å². The zero-order valence-electron chi connectivity index (χ0n) is 12.6. The number of benzene rings is 1. The fraction of sp³-hybridized carbons (Fsp3) is 0.375. The van der Waals surface area contributed by atoms with Crippen LogP contribution in [-0.4, -0.2) is 40.4 Å². The Kier molecular flexibility index (Phi) is 4.06. The summed E-state index contributed by atoms with van der Waals surface area (Å²) in [7, 11) is 0. The Bertz CT molecular complexity index is 668. The molecular weight excluding hydrogens is 298 g/mol. The van der Waals surface area contributed by atoms with Crippen LogP contribution in [0, 0.1) is 0 Å². The van der Waals surface area contributed by atoms with Crippen LogP contribution in [0.2, 0.25) is 0 Å². The molecule has 2 aliphatic rings. The van der Waals surface area contributed by atoms with Crippen LogP contribution in [-0.2, 0) is 20.7 Å². The van der Waals surface area contributed by atoms with E-state index >= 15 is 0 Å². The number of hydrogen-bond donors (Lipinski definition) is 3. The lowest BCUT2D eigenvalue weighted by Crippen LogP contribution is -2.45. The van der Waals surface area contributed by atoms with Crippen LogP contribution in [0.4, 0.5) is 0 Å². The minimum atomic E-state index is -1.20. The van der Waals surface area contributed by atoms with Gasteiger partial charge in [-0.05, 0) is 30.5 Å². The number of phenols is 1. The first-order valence-corrected chi connectivity index (χ1v) is 7.51. The van der Waals surface area contributed by atoms with Gasteiger partial charge in [0.15, 0.2) is 5.78 Å². The van der Waals surface area contributed by atoms with Crippen LogP contribution in [0.3, 0.4) is 0 Å². The summed E-state index contributed by atoms with van der Waals surface area (Å²) in [6, 6.07) is 5.56. The number of ether oxygens (including phenoxy) is 1. The maximum Gasteiger partial charge on any atom is 0.231 e. The zero-order chi connectivity index (χ0) is 16.6. The molecule has 7 nitrogen and oxygen atoms in total. The van der Waals surface area contributed by atoms with Gasteiger partial charge in [-0.2, -0.15) is 0 Å². The van der Waals surface area contributed by atoms with Crippen LogP contribution in [0.5, 0.6) is 5.75 Å². The number of carbonyl (C=O) groups is 2. The third-order valence-corrected chi connectivity index (χ3v) is 4.10. The van der Waals surface area contributed by atoms with Gasteiger partial charge < -0.3 is 20.6 Å². The molecule has 3 rings (SSSR count). The van der Waals surface area contributed by atoms with Gasteiger partial charge in [0.2, 0.25) is 11.9 Å².